The van der Waals surface area contributed by atoms with Gasteiger partial charge in [-0.25, -0.2) is 0 Å². The third kappa shape index (κ3) is 3.23. The number of hydrogen-bond donors (Lipinski definition) is 2. The van der Waals surface area contributed by atoms with Crippen LogP contribution < -0.4 is 14.8 Å². The average Bonchev–Trinajstić information content (AvgIpc) is 2.80. The number of phenols is 1. The predicted octanol–water partition coefficient (Wildman–Crippen LogP) is 2.35. The summed E-state index contributed by atoms with van der Waals surface area (Å²) in [6, 6.07) is 3.89. The Labute approximate surface area is 112 Å². The number of nitrogens with one attached hydrogen (secondary N) is 1. The first-order valence-corrected chi connectivity index (χ1v) is 7.44. The molecular weight excluding hydrogens is 250 g/mol. The van der Waals surface area contributed by atoms with Crippen molar-refractivity contribution in [3.05, 3.63) is 17.7 Å². The molecule has 1 atom stereocenters. The first-order valence-electron chi connectivity index (χ1n) is 6.04. The van der Waals surface area contributed by atoms with Crippen molar-refractivity contribution in [3.63, 3.8) is 0 Å². The van der Waals surface area contributed by atoms with E-state index in [-0.39, 0.29) is 12.5 Å². The number of phenolic OH excluding ortho intramolecular Hbond substituents is 1. The van der Waals surface area contributed by atoms with Gasteiger partial charge in [0.2, 0.25) is 6.79 Å². The highest BCUT2D eigenvalue weighted by atomic mass is 32.2. The molecule has 1 aromatic carbocycles. The number of benzene rings is 1. The van der Waals surface area contributed by atoms with Crippen LogP contribution in [0.25, 0.3) is 0 Å². The average molecular weight is 269 g/mol. The van der Waals surface area contributed by atoms with Gasteiger partial charge in [-0.1, -0.05) is 0 Å². The van der Waals surface area contributed by atoms with Gasteiger partial charge < -0.3 is 19.9 Å². The van der Waals surface area contributed by atoms with E-state index >= 15 is 0 Å². The van der Waals surface area contributed by atoms with E-state index in [1.54, 1.807) is 6.07 Å². The Bertz CT molecular complexity index is 411. The number of aromatic hydroxyl groups is 1. The second-order valence-corrected chi connectivity index (χ2v) is 5.38. The van der Waals surface area contributed by atoms with E-state index in [2.05, 4.69) is 18.5 Å². The highest BCUT2D eigenvalue weighted by Gasteiger charge is 2.17. The van der Waals surface area contributed by atoms with Gasteiger partial charge in [-0.2, -0.15) is 11.8 Å². The predicted molar refractivity (Wildman–Crippen MR) is 73.5 cm³/mol. The van der Waals surface area contributed by atoms with Crippen LogP contribution >= 0.6 is 11.8 Å². The van der Waals surface area contributed by atoms with E-state index in [1.165, 1.54) is 0 Å². The van der Waals surface area contributed by atoms with Crippen molar-refractivity contribution in [2.75, 3.05) is 18.8 Å². The molecule has 0 saturated heterocycles. The zero-order valence-corrected chi connectivity index (χ0v) is 11.5. The highest BCUT2D eigenvalue weighted by molar-refractivity contribution is 7.98. The Morgan fingerprint density at radius 1 is 1.39 bits per heavy atom. The SMILES string of the molecule is CSCCC(C)NCc1cc2c(cc1O)OCO2. The Morgan fingerprint density at radius 2 is 2.11 bits per heavy atom. The lowest BCUT2D eigenvalue weighted by molar-refractivity contribution is 0.174. The van der Waals surface area contributed by atoms with Crippen LogP contribution in [0.5, 0.6) is 17.2 Å². The molecule has 0 bridgehead atoms. The molecular formula is C13H19NO3S. The first-order chi connectivity index (χ1) is 8.70. The van der Waals surface area contributed by atoms with Gasteiger partial charge in [0.25, 0.3) is 0 Å². The highest BCUT2D eigenvalue weighted by Crippen LogP contribution is 2.37. The maximum atomic E-state index is 9.88. The molecule has 0 amide bonds. The van der Waals surface area contributed by atoms with Crippen molar-refractivity contribution in [2.45, 2.75) is 25.9 Å². The van der Waals surface area contributed by atoms with Gasteiger partial charge in [-0.15, -0.1) is 0 Å². The van der Waals surface area contributed by atoms with Crippen molar-refractivity contribution in [2.24, 2.45) is 0 Å². The van der Waals surface area contributed by atoms with E-state index in [0.717, 1.165) is 17.7 Å². The minimum atomic E-state index is 0.232. The fourth-order valence-electron chi connectivity index (χ4n) is 1.80. The van der Waals surface area contributed by atoms with E-state index in [0.29, 0.717) is 24.1 Å². The second-order valence-electron chi connectivity index (χ2n) is 4.40. The van der Waals surface area contributed by atoms with E-state index in [9.17, 15) is 5.11 Å². The van der Waals surface area contributed by atoms with Crippen LogP contribution in [0.15, 0.2) is 12.1 Å². The van der Waals surface area contributed by atoms with Crippen LogP contribution in [0.3, 0.4) is 0 Å². The molecule has 0 radical (unpaired) electrons. The summed E-state index contributed by atoms with van der Waals surface area (Å²) in [6.07, 6.45) is 3.23. The number of hydrogen-bond acceptors (Lipinski definition) is 5. The zero-order chi connectivity index (χ0) is 13.0. The Morgan fingerprint density at radius 3 is 2.83 bits per heavy atom. The Balaban J connectivity index is 1.93. The summed E-state index contributed by atoms with van der Waals surface area (Å²) in [5.74, 6) is 2.72. The number of ether oxygens (including phenoxy) is 2. The first kappa shape index (κ1) is 13.4. The summed E-state index contributed by atoms with van der Waals surface area (Å²) < 4.78 is 10.5. The van der Waals surface area contributed by atoms with Gasteiger partial charge in [-0.05, 0) is 31.4 Å². The molecule has 0 aliphatic carbocycles. The molecule has 1 aliphatic heterocycles. The number of fused-ring (bicyclic) bond motifs is 1. The summed E-state index contributed by atoms with van der Waals surface area (Å²) in [4.78, 5) is 0. The second kappa shape index (κ2) is 6.20. The lowest BCUT2D eigenvalue weighted by Gasteiger charge is -2.14. The van der Waals surface area contributed by atoms with Crippen LogP contribution in [0.4, 0.5) is 0 Å². The molecule has 1 unspecified atom stereocenters. The smallest absolute Gasteiger partial charge is 0.231 e. The third-order valence-corrected chi connectivity index (χ3v) is 3.61. The topological polar surface area (TPSA) is 50.7 Å². The van der Waals surface area contributed by atoms with E-state index in [1.807, 2.05) is 17.8 Å². The summed E-state index contributed by atoms with van der Waals surface area (Å²) in [7, 11) is 0. The molecule has 0 saturated carbocycles. The van der Waals surface area contributed by atoms with Gasteiger partial charge >= 0.3 is 0 Å². The molecule has 18 heavy (non-hydrogen) atoms. The van der Waals surface area contributed by atoms with Crippen molar-refractivity contribution < 1.29 is 14.6 Å². The number of thioether (sulfide) groups is 1. The Hall–Kier alpha value is -1.07. The van der Waals surface area contributed by atoms with Crippen molar-refractivity contribution in [1.29, 1.82) is 0 Å². The van der Waals surface area contributed by atoms with Gasteiger partial charge in [0.05, 0.1) is 0 Å². The number of rotatable bonds is 6. The molecule has 0 spiro atoms. The summed E-state index contributed by atoms with van der Waals surface area (Å²) in [5.41, 5.74) is 0.843. The van der Waals surface area contributed by atoms with Crippen LogP contribution in [-0.2, 0) is 6.54 Å². The molecule has 1 heterocycles. The minimum absolute atomic E-state index is 0.232. The maximum absolute atomic E-state index is 9.88. The van der Waals surface area contributed by atoms with Crippen molar-refractivity contribution in [1.82, 2.24) is 5.32 Å². The van der Waals surface area contributed by atoms with Crippen LogP contribution in [0.2, 0.25) is 0 Å². The van der Waals surface area contributed by atoms with Crippen LogP contribution in [-0.4, -0.2) is 29.9 Å². The van der Waals surface area contributed by atoms with Crippen molar-refractivity contribution in [3.8, 4) is 17.2 Å². The fraction of sp³-hybridized carbons (Fsp3) is 0.538. The van der Waals surface area contributed by atoms with Crippen LogP contribution in [0.1, 0.15) is 18.9 Å². The van der Waals surface area contributed by atoms with Crippen molar-refractivity contribution >= 4 is 11.8 Å². The quantitative estimate of drug-likeness (QED) is 0.830. The Kier molecular flexibility index (Phi) is 4.60. The van der Waals surface area contributed by atoms with E-state index < -0.39 is 0 Å². The van der Waals surface area contributed by atoms with Gasteiger partial charge in [-0.3, -0.25) is 0 Å². The lowest BCUT2D eigenvalue weighted by Crippen LogP contribution is -2.26. The lowest BCUT2D eigenvalue weighted by atomic mass is 10.1. The molecule has 0 fully saturated rings. The van der Waals surface area contributed by atoms with Gasteiger partial charge in [0, 0.05) is 24.2 Å². The largest absolute Gasteiger partial charge is 0.507 e. The minimum Gasteiger partial charge on any atom is -0.507 e. The molecule has 4 nitrogen and oxygen atoms in total. The monoisotopic (exact) mass is 269 g/mol. The van der Waals surface area contributed by atoms with E-state index in [4.69, 9.17) is 9.47 Å². The normalized spacial score (nSPS) is 14.8. The van der Waals surface area contributed by atoms with Gasteiger partial charge in [0.1, 0.15) is 5.75 Å². The molecule has 2 N–H and O–H groups in total. The third-order valence-electron chi connectivity index (χ3n) is 2.97. The summed E-state index contributed by atoms with van der Waals surface area (Å²) >= 11 is 1.85. The summed E-state index contributed by atoms with van der Waals surface area (Å²) in [5, 5.41) is 13.3. The molecule has 1 aliphatic rings. The molecule has 1 aromatic rings. The fourth-order valence-corrected chi connectivity index (χ4v) is 2.39. The standard InChI is InChI=1S/C13H19NO3S/c1-9(3-4-18-2)14-7-10-5-12-13(6-11(10)15)17-8-16-12/h5-6,9,14-15H,3-4,7-8H2,1-2H3. The molecule has 2 rings (SSSR count). The molecule has 5 heteroatoms. The summed E-state index contributed by atoms with van der Waals surface area (Å²) in [6.45, 7) is 3.02. The van der Waals surface area contributed by atoms with Gasteiger partial charge in [0.15, 0.2) is 11.5 Å². The van der Waals surface area contributed by atoms with Crippen LogP contribution in [0, 0.1) is 0 Å². The molecule has 0 aromatic heterocycles. The zero-order valence-electron chi connectivity index (χ0n) is 10.7. The molecule has 100 valence electrons. The maximum Gasteiger partial charge on any atom is 0.231 e.